The molecule has 0 spiro atoms. The van der Waals surface area contributed by atoms with Crippen molar-refractivity contribution in [1.29, 1.82) is 0 Å². The maximum atomic E-state index is 12.7. The molecule has 2 rings (SSSR count). The summed E-state index contributed by atoms with van der Waals surface area (Å²) in [6.45, 7) is 1.01. The molecule has 0 saturated carbocycles. The normalized spacial score (nSPS) is 19.4. The fraction of sp³-hybridized carbons (Fsp3) is 0.300. The molecule has 1 atom stereocenters. The molecular formula is C10H9F2O2. The lowest BCUT2D eigenvalue weighted by Crippen LogP contribution is -2.02. The molecule has 0 aromatic heterocycles. The monoisotopic (exact) mass is 199 g/mol. The molecular weight excluding hydrogens is 190 g/mol. The van der Waals surface area contributed by atoms with Crippen molar-refractivity contribution in [3.8, 4) is 5.75 Å². The van der Waals surface area contributed by atoms with E-state index in [4.69, 9.17) is 9.47 Å². The van der Waals surface area contributed by atoms with E-state index in [9.17, 15) is 8.78 Å². The van der Waals surface area contributed by atoms with Crippen molar-refractivity contribution >= 4 is 0 Å². The second-order valence-electron chi connectivity index (χ2n) is 3.02. The molecule has 75 valence electrons. The van der Waals surface area contributed by atoms with E-state index >= 15 is 0 Å². The van der Waals surface area contributed by atoms with Gasteiger partial charge in [0.25, 0.3) is 0 Å². The van der Waals surface area contributed by atoms with Crippen LogP contribution in [0.25, 0.3) is 0 Å². The first-order chi connectivity index (χ1) is 6.74. The number of halogens is 2. The minimum Gasteiger partial charge on any atom is -0.493 e. The minimum atomic E-state index is -0.636. The lowest BCUT2D eigenvalue weighted by molar-refractivity contribution is 0.325. The van der Waals surface area contributed by atoms with Gasteiger partial charge in [-0.3, -0.25) is 0 Å². The van der Waals surface area contributed by atoms with Gasteiger partial charge in [0, 0.05) is 24.6 Å². The van der Waals surface area contributed by atoms with Crippen LogP contribution in [0.3, 0.4) is 0 Å². The quantitative estimate of drug-likeness (QED) is 0.691. The Morgan fingerprint density at radius 2 is 2.00 bits per heavy atom. The first kappa shape index (κ1) is 9.40. The molecule has 1 fully saturated rings. The summed E-state index contributed by atoms with van der Waals surface area (Å²) in [5, 5.41) is 0. The first-order valence-electron chi connectivity index (χ1n) is 4.28. The van der Waals surface area contributed by atoms with Crippen LogP contribution in [0.2, 0.25) is 0 Å². The van der Waals surface area contributed by atoms with Crippen molar-refractivity contribution < 1.29 is 18.3 Å². The summed E-state index contributed by atoms with van der Waals surface area (Å²) >= 11 is 0. The second kappa shape index (κ2) is 3.92. The van der Waals surface area contributed by atoms with Crippen LogP contribution in [0.15, 0.2) is 18.2 Å². The number of rotatable bonds is 4. The van der Waals surface area contributed by atoms with Crippen LogP contribution in [0, 0.1) is 18.1 Å². The summed E-state index contributed by atoms with van der Waals surface area (Å²) in [6, 6.07) is 3.09. The molecule has 0 N–H and O–H groups in total. The molecule has 4 heteroatoms. The van der Waals surface area contributed by atoms with E-state index in [0.717, 1.165) is 18.2 Å². The van der Waals surface area contributed by atoms with E-state index < -0.39 is 11.6 Å². The van der Waals surface area contributed by atoms with Crippen LogP contribution in [0.1, 0.15) is 0 Å². The van der Waals surface area contributed by atoms with Crippen molar-refractivity contribution in [3.63, 3.8) is 0 Å². The maximum absolute atomic E-state index is 12.7. The van der Waals surface area contributed by atoms with Gasteiger partial charge in [-0.25, -0.2) is 8.78 Å². The van der Waals surface area contributed by atoms with Crippen molar-refractivity contribution in [3.05, 3.63) is 36.3 Å². The fourth-order valence-electron chi connectivity index (χ4n) is 1.06. The number of epoxide rings is 1. The lowest BCUT2D eigenvalue weighted by Gasteiger charge is -2.04. The lowest BCUT2D eigenvalue weighted by atomic mass is 10.3. The zero-order valence-electron chi connectivity index (χ0n) is 7.37. The van der Waals surface area contributed by atoms with E-state index in [1.54, 1.807) is 0 Å². The van der Waals surface area contributed by atoms with Gasteiger partial charge in [0.2, 0.25) is 0 Å². The molecule has 1 saturated heterocycles. The Bertz CT molecular complexity index is 304. The molecule has 0 bridgehead atoms. The number of ether oxygens (including phenoxy) is 2. The summed E-state index contributed by atoms with van der Waals surface area (Å²) in [4.78, 5) is 0. The third-order valence-electron chi connectivity index (χ3n) is 1.80. The average molecular weight is 199 g/mol. The summed E-state index contributed by atoms with van der Waals surface area (Å²) in [6.07, 6.45) is 1.96. The van der Waals surface area contributed by atoms with E-state index in [2.05, 4.69) is 0 Å². The average Bonchev–Trinajstić information content (AvgIpc) is 2.86. The van der Waals surface area contributed by atoms with Gasteiger partial charge in [-0.15, -0.1) is 0 Å². The Morgan fingerprint density at radius 3 is 2.57 bits per heavy atom. The summed E-state index contributed by atoms with van der Waals surface area (Å²) in [5.74, 6) is -1.08. The summed E-state index contributed by atoms with van der Waals surface area (Å²) < 4.78 is 35.4. The highest BCUT2D eigenvalue weighted by Crippen LogP contribution is 2.17. The van der Waals surface area contributed by atoms with Crippen LogP contribution < -0.4 is 4.74 Å². The minimum absolute atomic E-state index is 0.147. The van der Waals surface area contributed by atoms with Gasteiger partial charge < -0.3 is 9.47 Å². The van der Waals surface area contributed by atoms with Crippen molar-refractivity contribution in [2.75, 3.05) is 13.2 Å². The van der Waals surface area contributed by atoms with E-state index in [1.807, 2.05) is 6.42 Å². The Labute approximate surface area is 80.4 Å². The molecule has 1 aromatic carbocycles. The predicted molar refractivity (Wildman–Crippen MR) is 45.9 cm³/mol. The van der Waals surface area contributed by atoms with Crippen LogP contribution in [-0.2, 0) is 4.74 Å². The molecule has 2 nitrogen and oxygen atoms in total. The van der Waals surface area contributed by atoms with Gasteiger partial charge in [-0.1, -0.05) is 0 Å². The van der Waals surface area contributed by atoms with E-state index in [0.29, 0.717) is 13.2 Å². The Kier molecular flexibility index (Phi) is 2.63. The predicted octanol–water partition coefficient (Wildman–Crippen LogP) is 1.95. The summed E-state index contributed by atoms with van der Waals surface area (Å²) in [5.41, 5.74) is 0. The zero-order chi connectivity index (χ0) is 9.97. The van der Waals surface area contributed by atoms with Crippen LogP contribution in [-0.4, -0.2) is 19.3 Å². The van der Waals surface area contributed by atoms with Gasteiger partial charge >= 0.3 is 0 Å². The fourth-order valence-corrected chi connectivity index (χ4v) is 1.06. The highest BCUT2D eigenvalue weighted by molar-refractivity contribution is 5.23. The molecule has 14 heavy (non-hydrogen) atoms. The molecule has 1 aromatic rings. The smallest absolute Gasteiger partial charge is 0.129 e. The van der Waals surface area contributed by atoms with Crippen LogP contribution in [0.5, 0.6) is 5.75 Å². The number of hydrogen-bond donors (Lipinski definition) is 0. The highest BCUT2D eigenvalue weighted by atomic mass is 19.1. The molecule has 1 aliphatic rings. The van der Waals surface area contributed by atoms with Crippen molar-refractivity contribution in [1.82, 2.24) is 0 Å². The third kappa shape index (κ3) is 2.67. The van der Waals surface area contributed by atoms with Crippen LogP contribution in [0.4, 0.5) is 8.78 Å². The molecule has 1 heterocycles. The van der Waals surface area contributed by atoms with Gasteiger partial charge in [0.15, 0.2) is 0 Å². The maximum Gasteiger partial charge on any atom is 0.129 e. The standard InChI is InChI=1S/C10H9F2O2/c11-7-3-8(12)5-10(4-7)13-2-1-9-6-14-9/h1,3-5,9H,2,6H2. The Morgan fingerprint density at radius 1 is 1.36 bits per heavy atom. The van der Waals surface area contributed by atoms with E-state index in [-0.39, 0.29) is 11.9 Å². The largest absolute Gasteiger partial charge is 0.493 e. The van der Waals surface area contributed by atoms with Gasteiger partial charge in [0.1, 0.15) is 17.4 Å². The molecule has 0 aliphatic carbocycles. The molecule has 1 unspecified atom stereocenters. The zero-order valence-corrected chi connectivity index (χ0v) is 7.37. The third-order valence-corrected chi connectivity index (χ3v) is 1.80. The first-order valence-corrected chi connectivity index (χ1v) is 4.28. The van der Waals surface area contributed by atoms with Gasteiger partial charge in [-0.2, -0.15) is 0 Å². The van der Waals surface area contributed by atoms with E-state index in [1.165, 1.54) is 0 Å². The Hall–Kier alpha value is -1.16. The second-order valence-corrected chi connectivity index (χ2v) is 3.02. The SMILES string of the molecule is Fc1cc(F)cc(OC[CH]C2CO2)c1. The molecule has 0 amide bonds. The number of benzene rings is 1. The summed E-state index contributed by atoms with van der Waals surface area (Å²) in [7, 11) is 0. The number of hydrogen-bond acceptors (Lipinski definition) is 2. The van der Waals surface area contributed by atoms with Crippen molar-refractivity contribution in [2.24, 2.45) is 0 Å². The Balaban J connectivity index is 1.87. The molecule has 1 aliphatic heterocycles. The van der Waals surface area contributed by atoms with Gasteiger partial charge in [0.05, 0.1) is 19.3 Å². The van der Waals surface area contributed by atoms with Crippen LogP contribution >= 0.6 is 0 Å². The highest BCUT2D eigenvalue weighted by Gasteiger charge is 2.22. The van der Waals surface area contributed by atoms with Gasteiger partial charge in [-0.05, 0) is 0 Å². The molecule has 1 radical (unpaired) electrons. The van der Waals surface area contributed by atoms with Crippen molar-refractivity contribution in [2.45, 2.75) is 6.10 Å². The topological polar surface area (TPSA) is 21.8 Å².